The molecule has 0 fully saturated rings. The van der Waals surface area contributed by atoms with Crippen LogP contribution in [-0.2, 0) is 0 Å². The van der Waals surface area contributed by atoms with E-state index >= 15 is 0 Å². The fourth-order valence-corrected chi connectivity index (χ4v) is 1.08. The van der Waals surface area contributed by atoms with Crippen LogP contribution in [0.25, 0.3) is 0 Å². The molecule has 1 aromatic carbocycles. The van der Waals surface area contributed by atoms with Crippen molar-refractivity contribution in [3.8, 4) is 11.8 Å². The van der Waals surface area contributed by atoms with E-state index in [1.165, 1.54) is 0 Å². The van der Waals surface area contributed by atoms with Crippen molar-refractivity contribution in [1.29, 1.82) is 0 Å². The second-order valence-electron chi connectivity index (χ2n) is 3.01. The molecule has 0 aliphatic heterocycles. The zero-order valence-corrected chi connectivity index (χ0v) is 8.29. The number of nitrogens with zero attached hydrogens (tertiary/aromatic N) is 3. The van der Waals surface area contributed by atoms with E-state index in [4.69, 9.17) is 21.9 Å². The Labute approximate surface area is 91.3 Å². The van der Waals surface area contributed by atoms with Crippen molar-refractivity contribution in [2.75, 3.05) is 17.2 Å². The summed E-state index contributed by atoms with van der Waals surface area (Å²) in [7, 11) is 0. The van der Waals surface area contributed by atoms with E-state index in [9.17, 15) is 0 Å². The van der Waals surface area contributed by atoms with Gasteiger partial charge < -0.3 is 21.9 Å². The standard InChI is InChI=1S/C9H10N6O/c10-5-1-3-6(4-2-5)16-9-14-7(11)13-8(12)15-9/h1-4H,10H2,(H4,11,12,13,14,15). The third kappa shape index (κ3) is 2.27. The van der Waals surface area contributed by atoms with Gasteiger partial charge in [-0.05, 0) is 24.3 Å². The molecular weight excluding hydrogens is 208 g/mol. The topological polar surface area (TPSA) is 126 Å². The first kappa shape index (κ1) is 9.97. The Balaban J connectivity index is 2.23. The third-order valence-corrected chi connectivity index (χ3v) is 1.74. The first-order chi connectivity index (χ1) is 7.63. The summed E-state index contributed by atoms with van der Waals surface area (Å²) in [5.41, 5.74) is 17.0. The lowest BCUT2D eigenvalue weighted by Gasteiger charge is -2.04. The molecule has 0 saturated heterocycles. The van der Waals surface area contributed by atoms with Gasteiger partial charge in [0.25, 0.3) is 0 Å². The van der Waals surface area contributed by atoms with Crippen LogP contribution >= 0.6 is 0 Å². The molecule has 0 saturated carbocycles. The van der Waals surface area contributed by atoms with Crippen LogP contribution in [0.5, 0.6) is 11.8 Å². The first-order valence-corrected chi connectivity index (χ1v) is 4.44. The van der Waals surface area contributed by atoms with E-state index in [1.54, 1.807) is 24.3 Å². The molecule has 0 amide bonds. The van der Waals surface area contributed by atoms with Crippen molar-refractivity contribution >= 4 is 17.6 Å². The summed E-state index contributed by atoms with van der Waals surface area (Å²) in [6, 6.07) is 6.82. The van der Waals surface area contributed by atoms with Crippen molar-refractivity contribution in [1.82, 2.24) is 15.0 Å². The van der Waals surface area contributed by atoms with E-state index in [0.717, 1.165) is 0 Å². The van der Waals surface area contributed by atoms with Gasteiger partial charge in [0.1, 0.15) is 5.75 Å². The number of nitrogen functional groups attached to an aromatic ring is 3. The minimum absolute atomic E-state index is 0.0120. The summed E-state index contributed by atoms with van der Waals surface area (Å²) in [5.74, 6) is 0.565. The van der Waals surface area contributed by atoms with E-state index in [2.05, 4.69) is 15.0 Å². The average Bonchev–Trinajstić information content (AvgIpc) is 2.20. The Kier molecular flexibility index (Phi) is 2.42. The summed E-state index contributed by atoms with van der Waals surface area (Å²) in [5, 5.41) is 0. The minimum atomic E-state index is 0.0120. The van der Waals surface area contributed by atoms with Gasteiger partial charge in [-0.25, -0.2) is 0 Å². The number of hydrogen-bond donors (Lipinski definition) is 3. The molecule has 1 heterocycles. The van der Waals surface area contributed by atoms with Crippen LogP contribution in [0.4, 0.5) is 17.6 Å². The van der Waals surface area contributed by atoms with Gasteiger partial charge in [0, 0.05) is 5.69 Å². The summed E-state index contributed by atoms with van der Waals surface area (Å²) < 4.78 is 5.32. The molecule has 0 aliphatic rings. The lowest BCUT2D eigenvalue weighted by molar-refractivity contribution is 0.442. The quantitative estimate of drug-likeness (QED) is 0.623. The summed E-state index contributed by atoms with van der Waals surface area (Å²) in [4.78, 5) is 11.2. The largest absolute Gasteiger partial charge is 0.424 e. The number of rotatable bonds is 2. The van der Waals surface area contributed by atoms with Crippen molar-refractivity contribution in [2.24, 2.45) is 0 Å². The molecule has 6 N–H and O–H groups in total. The Morgan fingerprint density at radius 2 is 1.38 bits per heavy atom. The van der Waals surface area contributed by atoms with Crippen LogP contribution < -0.4 is 21.9 Å². The highest BCUT2D eigenvalue weighted by atomic mass is 16.5. The van der Waals surface area contributed by atoms with Crippen LogP contribution in [0.15, 0.2) is 24.3 Å². The molecule has 0 bridgehead atoms. The Hall–Kier alpha value is -2.57. The van der Waals surface area contributed by atoms with Crippen molar-refractivity contribution in [2.45, 2.75) is 0 Å². The predicted molar refractivity (Wildman–Crippen MR) is 59.6 cm³/mol. The van der Waals surface area contributed by atoms with Gasteiger partial charge in [0.05, 0.1) is 0 Å². The van der Waals surface area contributed by atoms with Crippen LogP contribution in [0.2, 0.25) is 0 Å². The molecule has 0 spiro atoms. The van der Waals surface area contributed by atoms with E-state index in [1.807, 2.05) is 0 Å². The zero-order valence-electron chi connectivity index (χ0n) is 8.29. The molecule has 2 aromatic rings. The summed E-state index contributed by atoms with van der Waals surface area (Å²) >= 11 is 0. The van der Waals surface area contributed by atoms with Gasteiger partial charge in [0.15, 0.2) is 0 Å². The van der Waals surface area contributed by atoms with Crippen LogP contribution in [0.1, 0.15) is 0 Å². The molecule has 0 radical (unpaired) electrons. The van der Waals surface area contributed by atoms with Crippen LogP contribution in [-0.4, -0.2) is 15.0 Å². The lowest BCUT2D eigenvalue weighted by atomic mass is 10.3. The van der Waals surface area contributed by atoms with Gasteiger partial charge in [-0.3, -0.25) is 0 Å². The maximum atomic E-state index is 5.53. The first-order valence-electron chi connectivity index (χ1n) is 4.44. The number of ether oxygens (including phenoxy) is 1. The lowest BCUT2D eigenvalue weighted by Crippen LogP contribution is -2.04. The normalized spacial score (nSPS) is 10.0. The molecule has 16 heavy (non-hydrogen) atoms. The number of anilines is 3. The highest BCUT2D eigenvalue weighted by molar-refractivity contribution is 5.42. The average molecular weight is 218 g/mol. The smallest absolute Gasteiger partial charge is 0.328 e. The van der Waals surface area contributed by atoms with Crippen molar-refractivity contribution < 1.29 is 4.74 Å². The fourth-order valence-electron chi connectivity index (χ4n) is 1.08. The molecule has 2 rings (SSSR count). The minimum Gasteiger partial charge on any atom is -0.424 e. The Morgan fingerprint density at radius 3 is 1.94 bits per heavy atom. The van der Waals surface area contributed by atoms with Gasteiger partial charge in [-0.15, -0.1) is 0 Å². The summed E-state index contributed by atoms with van der Waals surface area (Å²) in [6.07, 6.45) is 0. The molecule has 0 aliphatic carbocycles. The number of benzene rings is 1. The van der Waals surface area contributed by atoms with Crippen molar-refractivity contribution in [3.05, 3.63) is 24.3 Å². The van der Waals surface area contributed by atoms with E-state index in [0.29, 0.717) is 11.4 Å². The van der Waals surface area contributed by atoms with Crippen molar-refractivity contribution in [3.63, 3.8) is 0 Å². The molecule has 1 aromatic heterocycles. The zero-order chi connectivity index (χ0) is 11.5. The van der Waals surface area contributed by atoms with E-state index in [-0.39, 0.29) is 17.9 Å². The summed E-state index contributed by atoms with van der Waals surface area (Å²) in [6.45, 7) is 0. The van der Waals surface area contributed by atoms with Gasteiger partial charge in [0.2, 0.25) is 11.9 Å². The molecular formula is C9H10N6O. The number of aromatic nitrogens is 3. The van der Waals surface area contributed by atoms with Crippen LogP contribution in [0.3, 0.4) is 0 Å². The predicted octanol–water partition coefficient (Wildman–Crippen LogP) is 0.410. The highest BCUT2D eigenvalue weighted by Gasteiger charge is 2.03. The maximum absolute atomic E-state index is 5.53. The maximum Gasteiger partial charge on any atom is 0.328 e. The SMILES string of the molecule is Nc1ccc(Oc2nc(N)nc(N)n2)cc1. The van der Waals surface area contributed by atoms with E-state index < -0.39 is 0 Å². The monoisotopic (exact) mass is 218 g/mol. The molecule has 0 atom stereocenters. The fraction of sp³-hybridized carbons (Fsp3) is 0. The molecule has 7 heteroatoms. The second kappa shape index (κ2) is 3.89. The number of hydrogen-bond acceptors (Lipinski definition) is 7. The van der Waals surface area contributed by atoms with Gasteiger partial charge >= 0.3 is 6.01 Å². The molecule has 82 valence electrons. The van der Waals surface area contributed by atoms with Gasteiger partial charge in [-0.2, -0.15) is 15.0 Å². The van der Waals surface area contributed by atoms with Crippen LogP contribution in [0, 0.1) is 0 Å². The third-order valence-electron chi connectivity index (χ3n) is 1.74. The van der Waals surface area contributed by atoms with Gasteiger partial charge in [-0.1, -0.05) is 0 Å². The highest BCUT2D eigenvalue weighted by Crippen LogP contribution is 2.19. The second-order valence-corrected chi connectivity index (χ2v) is 3.01. The number of nitrogens with two attached hydrogens (primary N) is 3. The molecule has 7 nitrogen and oxygen atoms in total. The molecule has 0 unspecified atom stereocenters. The Morgan fingerprint density at radius 1 is 0.812 bits per heavy atom. The Bertz CT molecular complexity index is 478.